The lowest BCUT2D eigenvalue weighted by Crippen LogP contribution is -2.38. The second-order valence-electron chi connectivity index (χ2n) is 5.40. The van der Waals surface area contributed by atoms with Crippen molar-refractivity contribution in [2.45, 2.75) is 26.3 Å². The number of rotatable bonds is 4. The number of benzene rings is 1. The second-order valence-corrected chi connectivity index (χ2v) is 5.40. The van der Waals surface area contributed by atoms with E-state index in [0.717, 1.165) is 12.0 Å². The molecule has 1 atom stereocenters. The first kappa shape index (κ1) is 17.2. The van der Waals surface area contributed by atoms with Crippen LogP contribution in [0.3, 0.4) is 0 Å². The summed E-state index contributed by atoms with van der Waals surface area (Å²) >= 11 is 0. The van der Waals surface area contributed by atoms with Crippen molar-refractivity contribution in [3.63, 3.8) is 0 Å². The van der Waals surface area contributed by atoms with Gasteiger partial charge in [0, 0.05) is 17.8 Å². The zero-order chi connectivity index (χ0) is 17.4. The largest absolute Gasteiger partial charge is 0.325 e. The molecule has 0 unspecified atom stereocenters. The Kier molecular flexibility index (Phi) is 6.11. The van der Waals surface area contributed by atoms with Gasteiger partial charge in [0.1, 0.15) is 11.8 Å². The Morgan fingerprint density at radius 1 is 1.25 bits per heavy atom. The lowest BCUT2D eigenvalue weighted by Gasteiger charge is -2.26. The van der Waals surface area contributed by atoms with Gasteiger partial charge in [-0.1, -0.05) is 37.0 Å². The van der Waals surface area contributed by atoms with E-state index in [4.69, 9.17) is 5.26 Å². The molecule has 0 aliphatic rings. The highest BCUT2D eigenvalue weighted by Crippen LogP contribution is 2.10. The molecule has 1 aromatic carbocycles. The first-order valence-corrected chi connectivity index (χ1v) is 7.86. The summed E-state index contributed by atoms with van der Waals surface area (Å²) in [5.74, 6) is 6.03. The molecular weight excluding hydrogens is 298 g/mol. The Morgan fingerprint density at radius 2 is 2.00 bits per heavy atom. The molecule has 0 spiro atoms. The number of carbonyl (C=O) groups is 1. The standard InChI is InChI=1S/C20H19N3O/c1-3-16(2)23(13-7-10-17-8-5-4-6-9-17)20(24)18-11-12-19(14-21)22-15-18/h4-6,8-9,11-12,15-16H,3,13H2,1-2H3/t16-/m0/s1. The molecular formula is C20H19N3O. The quantitative estimate of drug-likeness (QED) is 0.813. The summed E-state index contributed by atoms with van der Waals surface area (Å²) < 4.78 is 0. The first-order valence-electron chi connectivity index (χ1n) is 7.86. The van der Waals surface area contributed by atoms with E-state index >= 15 is 0 Å². The van der Waals surface area contributed by atoms with E-state index in [1.807, 2.05) is 50.2 Å². The van der Waals surface area contributed by atoms with Gasteiger partial charge in [0.05, 0.1) is 12.1 Å². The third-order valence-corrected chi connectivity index (χ3v) is 3.76. The average Bonchev–Trinajstić information content (AvgIpc) is 2.65. The Morgan fingerprint density at radius 3 is 2.58 bits per heavy atom. The lowest BCUT2D eigenvalue weighted by atomic mass is 10.1. The van der Waals surface area contributed by atoms with Crippen LogP contribution in [0.5, 0.6) is 0 Å². The van der Waals surface area contributed by atoms with Crippen LogP contribution >= 0.6 is 0 Å². The van der Waals surface area contributed by atoms with Crippen molar-refractivity contribution < 1.29 is 4.79 Å². The van der Waals surface area contributed by atoms with Gasteiger partial charge >= 0.3 is 0 Å². The fourth-order valence-corrected chi connectivity index (χ4v) is 2.15. The fraction of sp³-hybridized carbons (Fsp3) is 0.250. The number of pyridine rings is 1. The highest BCUT2D eigenvalue weighted by atomic mass is 16.2. The lowest BCUT2D eigenvalue weighted by molar-refractivity contribution is 0.0716. The summed E-state index contributed by atoms with van der Waals surface area (Å²) in [6.45, 7) is 4.38. The van der Waals surface area contributed by atoms with Crippen molar-refractivity contribution in [3.05, 3.63) is 65.5 Å². The van der Waals surface area contributed by atoms with Crippen LogP contribution in [-0.2, 0) is 0 Å². The summed E-state index contributed by atoms with van der Waals surface area (Å²) in [6, 6.07) is 14.9. The summed E-state index contributed by atoms with van der Waals surface area (Å²) in [4.78, 5) is 18.4. The molecule has 1 amide bonds. The molecule has 0 bridgehead atoms. The summed E-state index contributed by atoms with van der Waals surface area (Å²) in [5, 5.41) is 8.80. The predicted octanol–water partition coefficient (Wildman–Crippen LogP) is 3.25. The Hall–Kier alpha value is -3.11. The maximum atomic E-state index is 12.7. The van der Waals surface area contributed by atoms with Crippen molar-refractivity contribution in [2.24, 2.45) is 0 Å². The zero-order valence-corrected chi connectivity index (χ0v) is 13.9. The van der Waals surface area contributed by atoms with Gasteiger partial charge in [0.15, 0.2) is 0 Å². The molecule has 2 aromatic rings. The van der Waals surface area contributed by atoms with E-state index in [-0.39, 0.29) is 11.9 Å². The molecule has 2 rings (SSSR count). The average molecular weight is 317 g/mol. The third kappa shape index (κ3) is 4.44. The maximum Gasteiger partial charge on any atom is 0.256 e. The van der Waals surface area contributed by atoms with Gasteiger partial charge in [-0.2, -0.15) is 5.26 Å². The number of hydrogen-bond donors (Lipinski definition) is 0. The topological polar surface area (TPSA) is 57.0 Å². The maximum absolute atomic E-state index is 12.7. The second kappa shape index (κ2) is 8.50. The van der Waals surface area contributed by atoms with Gasteiger partial charge in [-0.25, -0.2) is 4.98 Å². The molecule has 120 valence electrons. The van der Waals surface area contributed by atoms with E-state index in [1.54, 1.807) is 17.0 Å². The SMILES string of the molecule is CC[C@H](C)N(CC#Cc1ccccc1)C(=O)c1ccc(C#N)nc1. The van der Waals surface area contributed by atoms with Crippen molar-refractivity contribution in [2.75, 3.05) is 6.54 Å². The minimum atomic E-state index is -0.122. The van der Waals surface area contributed by atoms with E-state index in [9.17, 15) is 4.79 Å². The smallest absolute Gasteiger partial charge is 0.256 e. The molecule has 0 radical (unpaired) electrons. The van der Waals surface area contributed by atoms with Crippen molar-refractivity contribution >= 4 is 5.91 Å². The molecule has 0 aliphatic heterocycles. The van der Waals surface area contributed by atoms with Crippen molar-refractivity contribution in [1.82, 2.24) is 9.88 Å². The zero-order valence-electron chi connectivity index (χ0n) is 13.9. The summed E-state index contributed by atoms with van der Waals surface area (Å²) in [6.07, 6.45) is 2.28. The van der Waals surface area contributed by atoms with Gasteiger partial charge in [0.25, 0.3) is 5.91 Å². The van der Waals surface area contributed by atoms with Gasteiger partial charge < -0.3 is 4.90 Å². The highest BCUT2D eigenvalue weighted by molar-refractivity contribution is 5.94. The van der Waals surface area contributed by atoms with Crippen LogP contribution < -0.4 is 0 Å². The van der Waals surface area contributed by atoms with Crippen LogP contribution in [0.4, 0.5) is 0 Å². The number of nitrogens with zero attached hydrogens (tertiary/aromatic N) is 3. The van der Waals surface area contributed by atoms with E-state index in [2.05, 4.69) is 16.8 Å². The Balaban J connectivity index is 2.17. The van der Waals surface area contributed by atoms with Crippen molar-refractivity contribution in [3.8, 4) is 17.9 Å². The van der Waals surface area contributed by atoms with Crippen LogP contribution in [0, 0.1) is 23.2 Å². The fourth-order valence-electron chi connectivity index (χ4n) is 2.15. The van der Waals surface area contributed by atoms with E-state index in [1.165, 1.54) is 6.20 Å². The summed E-state index contributed by atoms with van der Waals surface area (Å²) in [7, 11) is 0. The monoisotopic (exact) mass is 317 g/mol. The van der Waals surface area contributed by atoms with Gasteiger partial charge in [0.2, 0.25) is 0 Å². The summed E-state index contributed by atoms with van der Waals surface area (Å²) in [5.41, 5.74) is 1.69. The number of hydrogen-bond acceptors (Lipinski definition) is 3. The predicted molar refractivity (Wildman–Crippen MR) is 93.1 cm³/mol. The molecule has 1 heterocycles. The molecule has 4 heteroatoms. The van der Waals surface area contributed by atoms with Gasteiger partial charge in [-0.15, -0.1) is 0 Å². The molecule has 0 saturated carbocycles. The van der Waals surface area contributed by atoms with Crippen LogP contribution in [0.15, 0.2) is 48.7 Å². The van der Waals surface area contributed by atoms with E-state index in [0.29, 0.717) is 17.8 Å². The molecule has 0 saturated heterocycles. The number of carbonyl (C=O) groups excluding carboxylic acids is 1. The number of amides is 1. The Bertz CT molecular complexity index is 780. The van der Waals surface area contributed by atoms with Crippen molar-refractivity contribution in [1.29, 1.82) is 5.26 Å². The molecule has 0 fully saturated rings. The number of nitriles is 1. The van der Waals surface area contributed by atoms with Crippen LogP contribution in [0.2, 0.25) is 0 Å². The minimum absolute atomic E-state index is 0.0678. The normalized spacial score (nSPS) is 10.9. The first-order chi connectivity index (χ1) is 11.7. The molecule has 1 aromatic heterocycles. The van der Waals surface area contributed by atoms with Gasteiger partial charge in [-0.05, 0) is 37.6 Å². The molecule has 24 heavy (non-hydrogen) atoms. The Labute approximate surface area is 142 Å². The van der Waals surface area contributed by atoms with Gasteiger partial charge in [-0.3, -0.25) is 4.79 Å². The highest BCUT2D eigenvalue weighted by Gasteiger charge is 2.19. The molecule has 0 aliphatic carbocycles. The number of aromatic nitrogens is 1. The molecule has 0 N–H and O–H groups in total. The third-order valence-electron chi connectivity index (χ3n) is 3.76. The van der Waals surface area contributed by atoms with E-state index < -0.39 is 0 Å². The minimum Gasteiger partial charge on any atom is -0.325 e. The molecule has 4 nitrogen and oxygen atoms in total. The van der Waals surface area contributed by atoms with Crippen LogP contribution in [-0.4, -0.2) is 28.4 Å². The van der Waals surface area contributed by atoms with Crippen LogP contribution in [0.1, 0.15) is 41.9 Å². The van der Waals surface area contributed by atoms with Crippen LogP contribution in [0.25, 0.3) is 0 Å².